The SMILES string of the molecule is O[C@H](CN1CC(Cc2cccc(OC(F)(F)F)c2)(c2cccc(N3CC[C@H](F)C3)c2)c2ccccc21)C(F)(F)F. The second-order valence-electron chi connectivity index (χ2n) is 10.3. The topological polar surface area (TPSA) is 35.9 Å². The Morgan fingerprint density at radius 3 is 2.40 bits per heavy atom. The number of hydrogen-bond acceptors (Lipinski definition) is 4. The summed E-state index contributed by atoms with van der Waals surface area (Å²) in [7, 11) is 0. The zero-order valence-electron chi connectivity index (χ0n) is 21.2. The van der Waals surface area contributed by atoms with Crippen molar-refractivity contribution in [2.45, 2.75) is 43.1 Å². The number of ether oxygens (including phenoxy) is 1. The van der Waals surface area contributed by atoms with Gasteiger partial charge in [0.15, 0.2) is 6.10 Å². The zero-order valence-corrected chi connectivity index (χ0v) is 21.2. The van der Waals surface area contributed by atoms with Crippen molar-refractivity contribution in [1.82, 2.24) is 0 Å². The normalized spacial score (nSPS) is 21.9. The van der Waals surface area contributed by atoms with E-state index in [0.29, 0.717) is 35.3 Å². The summed E-state index contributed by atoms with van der Waals surface area (Å²) in [6.45, 7) is 0.0383. The fourth-order valence-electron chi connectivity index (χ4n) is 5.78. The molecule has 3 atom stereocenters. The first-order chi connectivity index (χ1) is 18.8. The fraction of sp³-hybridized carbons (Fsp3) is 0.379. The second kappa shape index (κ2) is 10.5. The number of anilines is 2. The molecule has 0 radical (unpaired) electrons. The first kappa shape index (κ1) is 28.1. The number of nitrogens with zero attached hydrogens (tertiary/aromatic N) is 2. The van der Waals surface area contributed by atoms with Gasteiger partial charge in [-0.2, -0.15) is 13.2 Å². The molecule has 0 saturated carbocycles. The minimum atomic E-state index is -4.89. The molecule has 0 aromatic heterocycles. The molecule has 2 aliphatic rings. The van der Waals surface area contributed by atoms with E-state index < -0.39 is 42.5 Å². The molecular weight excluding hydrogens is 541 g/mol. The Balaban J connectivity index is 1.60. The minimum Gasteiger partial charge on any atom is -0.406 e. The van der Waals surface area contributed by atoms with Crippen LogP contribution < -0.4 is 14.5 Å². The van der Waals surface area contributed by atoms with Gasteiger partial charge in [0.2, 0.25) is 0 Å². The van der Waals surface area contributed by atoms with Gasteiger partial charge >= 0.3 is 12.5 Å². The van der Waals surface area contributed by atoms with Crippen molar-refractivity contribution in [3.05, 3.63) is 89.5 Å². The molecule has 0 amide bonds. The smallest absolute Gasteiger partial charge is 0.406 e. The molecule has 1 saturated heterocycles. The van der Waals surface area contributed by atoms with Gasteiger partial charge in [-0.15, -0.1) is 13.2 Å². The van der Waals surface area contributed by atoms with Gasteiger partial charge in [0, 0.05) is 36.4 Å². The number of para-hydroxylation sites is 1. The third-order valence-corrected chi connectivity index (χ3v) is 7.52. The first-order valence-electron chi connectivity index (χ1n) is 12.8. The summed E-state index contributed by atoms with van der Waals surface area (Å²) in [5.74, 6) is -0.407. The largest absolute Gasteiger partial charge is 0.573 e. The lowest BCUT2D eigenvalue weighted by Gasteiger charge is -2.33. The highest BCUT2D eigenvalue weighted by Gasteiger charge is 2.47. The molecule has 4 nitrogen and oxygen atoms in total. The first-order valence-corrected chi connectivity index (χ1v) is 12.8. The van der Waals surface area contributed by atoms with Gasteiger partial charge in [-0.05, 0) is 59.9 Å². The molecule has 1 fully saturated rings. The predicted molar refractivity (Wildman–Crippen MR) is 136 cm³/mol. The number of aliphatic hydroxyl groups is 1. The number of fused-ring (bicyclic) bond motifs is 1. The number of rotatable bonds is 7. The molecule has 11 heteroatoms. The van der Waals surface area contributed by atoms with Gasteiger partial charge in [-0.3, -0.25) is 0 Å². The predicted octanol–water partition coefficient (Wildman–Crippen LogP) is 6.41. The third-order valence-electron chi connectivity index (χ3n) is 7.52. The molecule has 0 aliphatic carbocycles. The molecule has 40 heavy (non-hydrogen) atoms. The monoisotopic (exact) mass is 568 g/mol. The van der Waals surface area contributed by atoms with E-state index in [4.69, 9.17) is 0 Å². The number of β-amino-alcohol motifs (C(OH)–C–C–N with tert-alkyl or cyclic N) is 1. The number of benzene rings is 3. The lowest BCUT2D eigenvalue weighted by Crippen LogP contribution is -2.44. The summed E-state index contributed by atoms with van der Waals surface area (Å²) in [5.41, 5.74) is 2.11. The van der Waals surface area contributed by atoms with Crippen molar-refractivity contribution in [3.8, 4) is 5.75 Å². The van der Waals surface area contributed by atoms with Gasteiger partial charge in [-0.1, -0.05) is 42.5 Å². The highest BCUT2D eigenvalue weighted by atomic mass is 19.4. The molecule has 0 spiro atoms. The second-order valence-corrected chi connectivity index (χ2v) is 10.3. The Hall–Kier alpha value is -3.47. The maximum absolute atomic E-state index is 14.0. The quantitative estimate of drug-likeness (QED) is 0.335. The van der Waals surface area contributed by atoms with Crippen molar-refractivity contribution in [2.75, 3.05) is 36.0 Å². The van der Waals surface area contributed by atoms with Crippen LogP contribution in [0.3, 0.4) is 0 Å². The number of hydrogen-bond donors (Lipinski definition) is 1. The van der Waals surface area contributed by atoms with E-state index >= 15 is 0 Å². The lowest BCUT2D eigenvalue weighted by atomic mass is 9.71. The molecule has 2 aliphatic heterocycles. The molecule has 3 aromatic rings. The van der Waals surface area contributed by atoms with Crippen LogP contribution in [0.25, 0.3) is 0 Å². The van der Waals surface area contributed by atoms with Crippen LogP contribution in [-0.4, -0.2) is 56.1 Å². The maximum atomic E-state index is 14.0. The van der Waals surface area contributed by atoms with Gasteiger partial charge in [0.25, 0.3) is 0 Å². The summed E-state index contributed by atoms with van der Waals surface area (Å²) in [6.07, 6.45) is -12.8. The highest BCUT2D eigenvalue weighted by molar-refractivity contribution is 5.68. The highest BCUT2D eigenvalue weighted by Crippen LogP contribution is 2.48. The van der Waals surface area contributed by atoms with Crippen molar-refractivity contribution >= 4 is 11.4 Å². The van der Waals surface area contributed by atoms with Crippen LogP contribution in [0.4, 0.5) is 42.1 Å². The molecule has 3 aromatic carbocycles. The van der Waals surface area contributed by atoms with Crippen LogP contribution in [0.2, 0.25) is 0 Å². The molecule has 0 bridgehead atoms. The zero-order chi connectivity index (χ0) is 28.7. The average Bonchev–Trinajstić information content (AvgIpc) is 3.45. The van der Waals surface area contributed by atoms with Crippen molar-refractivity contribution < 1.29 is 40.6 Å². The molecule has 5 rings (SSSR count). The van der Waals surface area contributed by atoms with Crippen LogP contribution >= 0.6 is 0 Å². The Kier molecular flexibility index (Phi) is 7.37. The van der Waals surface area contributed by atoms with E-state index in [0.717, 1.165) is 5.69 Å². The van der Waals surface area contributed by atoms with Gasteiger partial charge in [-0.25, -0.2) is 4.39 Å². The number of halogens is 7. The van der Waals surface area contributed by atoms with Crippen molar-refractivity contribution in [1.29, 1.82) is 0 Å². The van der Waals surface area contributed by atoms with Gasteiger partial charge in [0.1, 0.15) is 11.9 Å². The van der Waals surface area contributed by atoms with E-state index in [1.807, 2.05) is 23.1 Å². The molecular formula is C29H27F7N2O2. The van der Waals surface area contributed by atoms with Crippen LogP contribution in [0.5, 0.6) is 5.75 Å². The van der Waals surface area contributed by atoms with Crippen LogP contribution in [0.15, 0.2) is 72.8 Å². The Bertz CT molecular complexity index is 1350. The minimum absolute atomic E-state index is 0.0268. The van der Waals surface area contributed by atoms with E-state index in [1.54, 1.807) is 36.4 Å². The van der Waals surface area contributed by atoms with E-state index in [-0.39, 0.29) is 19.5 Å². The Morgan fingerprint density at radius 1 is 0.950 bits per heavy atom. The van der Waals surface area contributed by atoms with Crippen molar-refractivity contribution in [2.24, 2.45) is 0 Å². The summed E-state index contributed by atoms with van der Waals surface area (Å²) < 4.78 is 97.0. The molecule has 214 valence electrons. The number of alkyl halides is 7. The van der Waals surface area contributed by atoms with Crippen LogP contribution in [0.1, 0.15) is 23.1 Å². The molecule has 1 N–H and O–H groups in total. The van der Waals surface area contributed by atoms with Crippen molar-refractivity contribution in [3.63, 3.8) is 0 Å². The molecule has 1 unspecified atom stereocenters. The van der Waals surface area contributed by atoms with E-state index in [1.165, 1.54) is 23.1 Å². The van der Waals surface area contributed by atoms with Crippen LogP contribution in [0, 0.1) is 0 Å². The Labute approximate surface area is 226 Å². The van der Waals surface area contributed by atoms with Gasteiger partial charge < -0.3 is 19.6 Å². The van der Waals surface area contributed by atoms with E-state index in [2.05, 4.69) is 4.74 Å². The summed E-state index contributed by atoms with van der Waals surface area (Å²) in [5, 5.41) is 9.93. The number of aliphatic hydroxyl groups excluding tert-OH is 1. The van der Waals surface area contributed by atoms with Gasteiger partial charge in [0.05, 0.1) is 6.54 Å². The third kappa shape index (κ3) is 5.84. The molecule has 2 heterocycles. The summed E-state index contributed by atoms with van der Waals surface area (Å²) >= 11 is 0. The lowest BCUT2D eigenvalue weighted by molar-refractivity contribution is -0.274. The standard InChI is InChI=1S/C29H27F7N2O2/c30-21-11-12-37(16-21)22-7-4-6-20(14-22)27(15-19-5-3-8-23(13-19)40-29(34,35)36)18-38(17-26(39)28(31,32)33)25-10-2-1-9-24(25)27/h1-10,13-14,21,26,39H,11-12,15-18H2/t21-,26+,27?/m0/s1. The van der Waals surface area contributed by atoms with Crippen LogP contribution in [-0.2, 0) is 11.8 Å². The maximum Gasteiger partial charge on any atom is 0.573 e. The summed E-state index contributed by atoms with van der Waals surface area (Å²) in [4.78, 5) is 3.36. The average molecular weight is 569 g/mol. The van der Waals surface area contributed by atoms with E-state index in [9.17, 15) is 35.8 Å². The fourth-order valence-corrected chi connectivity index (χ4v) is 5.78. The summed E-state index contributed by atoms with van der Waals surface area (Å²) in [6, 6.07) is 19.7. The Morgan fingerprint density at radius 2 is 1.70 bits per heavy atom.